The Morgan fingerprint density at radius 3 is 2.34 bits per heavy atom. The molecule has 38 heavy (non-hydrogen) atoms. The average molecular weight is 535 g/mol. The highest BCUT2D eigenvalue weighted by molar-refractivity contribution is 5.89. The van der Waals surface area contributed by atoms with Crippen LogP contribution >= 0.6 is 0 Å². The number of hydrogen-bond acceptors (Lipinski definition) is 10. The second-order valence-corrected chi connectivity index (χ2v) is 11.5. The van der Waals surface area contributed by atoms with Gasteiger partial charge in [-0.25, -0.2) is 4.79 Å². The third-order valence-electron chi connectivity index (χ3n) is 8.60. The summed E-state index contributed by atoms with van der Waals surface area (Å²) in [5.74, 6) is -3.30. The smallest absolute Gasteiger partial charge is 0.342 e. The van der Waals surface area contributed by atoms with Gasteiger partial charge in [-0.1, -0.05) is 25.5 Å². The van der Waals surface area contributed by atoms with Gasteiger partial charge in [0.2, 0.25) is 0 Å². The van der Waals surface area contributed by atoms with Gasteiger partial charge in [-0.2, -0.15) is 0 Å². The van der Waals surface area contributed by atoms with Crippen molar-refractivity contribution in [1.29, 1.82) is 0 Å². The van der Waals surface area contributed by atoms with Crippen molar-refractivity contribution < 1.29 is 48.0 Å². The summed E-state index contributed by atoms with van der Waals surface area (Å²) in [6, 6.07) is 0. The van der Waals surface area contributed by atoms with Crippen molar-refractivity contribution in [1.82, 2.24) is 0 Å². The first kappa shape index (κ1) is 28.3. The first-order valence-corrected chi connectivity index (χ1v) is 13.2. The molecule has 2 aliphatic carbocycles. The second kappa shape index (κ2) is 9.48. The van der Waals surface area contributed by atoms with Gasteiger partial charge in [0.1, 0.15) is 23.9 Å². The molecule has 2 fully saturated rings. The molecule has 0 unspecified atom stereocenters. The summed E-state index contributed by atoms with van der Waals surface area (Å²) in [6.07, 6.45) is 2.75. The van der Waals surface area contributed by atoms with Crippen LogP contribution in [0.1, 0.15) is 74.1 Å². The Hall–Kier alpha value is -2.72. The number of allylic oxidation sites excluding steroid dienone is 1. The maximum absolute atomic E-state index is 13.0. The number of hydrogen-bond donors (Lipinski definition) is 1. The molecular formula is C28H38O10. The first-order chi connectivity index (χ1) is 17.6. The van der Waals surface area contributed by atoms with Crippen LogP contribution in [-0.4, -0.2) is 70.2 Å². The molecule has 2 saturated heterocycles. The zero-order valence-corrected chi connectivity index (χ0v) is 23.1. The molecule has 2 heterocycles. The number of carbonyl (C=O) groups is 4. The molecule has 0 radical (unpaired) electrons. The van der Waals surface area contributed by atoms with E-state index in [0.717, 1.165) is 5.57 Å². The zero-order valence-electron chi connectivity index (χ0n) is 23.1. The van der Waals surface area contributed by atoms with E-state index < -0.39 is 76.4 Å². The minimum Gasteiger partial charge on any atom is -0.462 e. The third-order valence-corrected chi connectivity index (χ3v) is 8.60. The molecule has 4 rings (SSSR count). The van der Waals surface area contributed by atoms with Crippen LogP contribution in [-0.2, 0) is 42.9 Å². The van der Waals surface area contributed by atoms with Gasteiger partial charge in [-0.05, 0) is 52.2 Å². The highest BCUT2D eigenvalue weighted by atomic mass is 16.7. The number of carbonyl (C=O) groups excluding carboxylic acids is 4. The van der Waals surface area contributed by atoms with Crippen molar-refractivity contribution in [3.8, 4) is 0 Å². The minimum absolute atomic E-state index is 0.158. The van der Waals surface area contributed by atoms with Crippen molar-refractivity contribution >= 4 is 23.9 Å². The molecule has 1 spiro atoms. The Morgan fingerprint density at radius 2 is 1.76 bits per heavy atom. The maximum Gasteiger partial charge on any atom is 0.342 e. The van der Waals surface area contributed by atoms with Crippen LogP contribution in [0.5, 0.6) is 0 Å². The summed E-state index contributed by atoms with van der Waals surface area (Å²) in [7, 11) is 0. The van der Waals surface area contributed by atoms with Gasteiger partial charge in [0, 0.05) is 31.6 Å². The highest BCUT2D eigenvalue weighted by Crippen LogP contribution is 2.65. The number of aliphatic hydroxyl groups is 1. The van der Waals surface area contributed by atoms with Crippen LogP contribution in [0.25, 0.3) is 0 Å². The topological polar surface area (TPSA) is 138 Å². The molecule has 0 aromatic rings. The lowest BCUT2D eigenvalue weighted by Crippen LogP contribution is -2.67. The quantitative estimate of drug-likeness (QED) is 0.242. The molecule has 0 saturated carbocycles. The van der Waals surface area contributed by atoms with Crippen LogP contribution in [0.15, 0.2) is 23.8 Å². The SMILES string of the molecule is CCCC(=O)O[C@H]1C=C[C@]2(C)[C@H](OC(C)=O)CC/C(C)=C\[C@@H]3OC(=O)[C@]4(C)O[C@]34[C@H](OC(C)=O)[C@H]2[C@@]1(C)O. The molecule has 1 N–H and O–H groups in total. The Kier molecular flexibility index (Phi) is 7.06. The maximum atomic E-state index is 13.0. The average Bonchev–Trinajstić information content (AvgIpc) is 3.38. The molecule has 2 aliphatic heterocycles. The first-order valence-electron chi connectivity index (χ1n) is 13.2. The molecule has 4 aliphatic rings. The third kappa shape index (κ3) is 4.25. The van der Waals surface area contributed by atoms with Gasteiger partial charge in [0.25, 0.3) is 0 Å². The summed E-state index contributed by atoms with van der Waals surface area (Å²) < 4.78 is 29.4. The summed E-state index contributed by atoms with van der Waals surface area (Å²) in [5, 5.41) is 12.2. The molecule has 0 aromatic carbocycles. The van der Waals surface area contributed by atoms with E-state index in [0.29, 0.717) is 19.3 Å². The largest absolute Gasteiger partial charge is 0.462 e. The number of rotatable bonds is 5. The van der Waals surface area contributed by atoms with Crippen LogP contribution in [0.2, 0.25) is 0 Å². The highest BCUT2D eigenvalue weighted by Gasteiger charge is 2.87. The molecule has 10 heteroatoms. The van der Waals surface area contributed by atoms with Crippen molar-refractivity contribution in [3.63, 3.8) is 0 Å². The predicted octanol–water partition coefficient (Wildman–Crippen LogP) is 2.70. The zero-order chi connectivity index (χ0) is 28.3. The molecule has 9 atom stereocenters. The number of fused-ring (bicyclic) bond motifs is 1. The number of ether oxygens (including phenoxy) is 5. The Labute approximate surface area is 222 Å². The predicted molar refractivity (Wildman–Crippen MR) is 132 cm³/mol. The van der Waals surface area contributed by atoms with E-state index in [1.54, 1.807) is 32.1 Å². The standard InChI is InChI=1S/C28H38O10/c1-8-9-21(31)36-19-12-13-25(5)18(34-16(3)29)11-10-15(2)14-20-28(27(7,38-28)24(32)37-20)23(35-17(4)30)22(25)26(19,6)33/h12-14,18-20,22-23,33H,8-11H2,1-7H3/b15-14-/t18-,19+,20+,22-,23-,25-,26+,27+,28+/m1/s1. The normalized spacial score (nSPS) is 44.8. The van der Waals surface area contributed by atoms with E-state index in [1.165, 1.54) is 20.8 Å². The lowest BCUT2D eigenvalue weighted by Gasteiger charge is -2.55. The fraction of sp³-hybridized carbons (Fsp3) is 0.714. The minimum atomic E-state index is -1.83. The second-order valence-electron chi connectivity index (χ2n) is 11.5. The molecule has 210 valence electrons. The number of epoxide rings is 1. The Bertz CT molecular complexity index is 1090. The van der Waals surface area contributed by atoms with Gasteiger partial charge in [-0.15, -0.1) is 0 Å². The van der Waals surface area contributed by atoms with E-state index in [1.807, 2.05) is 13.8 Å². The summed E-state index contributed by atoms with van der Waals surface area (Å²) >= 11 is 0. The van der Waals surface area contributed by atoms with Gasteiger partial charge < -0.3 is 28.8 Å². The van der Waals surface area contributed by atoms with Crippen molar-refractivity contribution in [2.24, 2.45) is 11.3 Å². The number of esters is 4. The van der Waals surface area contributed by atoms with E-state index in [4.69, 9.17) is 23.7 Å². The van der Waals surface area contributed by atoms with Crippen molar-refractivity contribution in [2.75, 3.05) is 0 Å². The monoisotopic (exact) mass is 534 g/mol. The van der Waals surface area contributed by atoms with E-state index >= 15 is 0 Å². The molecule has 10 nitrogen and oxygen atoms in total. The lowest BCUT2D eigenvalue weighted by atomic mass is 9.55. The van der Waals surface area contributed by atoms with Crippen LogP contribution in [0.4, 0.5) is 0 Å². The summed E-state index contributed by atoms with van der Waals surface area (Å²) in [4.78, 5) is 50.3. The molecule has 0 aromatic heterocycles. The molecule has 0 amide bonds. The van der Waals surface area contributed by atoms with Crippen LogP contribution in [0.3, 0.4) is 0 Å². The van der Waals surface area contributed by atoms with Crippen molar-refractivity contribution in [3.05, 3.63) is 23.8 Å². The summed E-state index contributed by atoms with van der Waals surface area (Å²) in [6.45, 7) is 11.1. The van der Waals surface area contributed by atoms with Crippen molar-refractivity contribution in [2.45, 2.75) is 115 Å². The van der Waals surface area contributed by atoms with Gasteiger partial charge >= 0.3 is 23.9 Å². The molecule has 0 bridgehead atoms. The van der Waals surface area contributed by atoms with Gasteiger partial charge in [0.05, 0.1) is 0 Å². The Morgan fingerprint density at radius 1 is 1.11 bits per heavy atom. The molecular weight excluding hydrogens is 496 g/mol. The van der Waals surface area contributed by atoms with Crippen LogP contribution < -0.4 is 0 Å². The van der Waals surface area contributed by atoms with Crippen LogP contribution in [0, 0.1) is 11.3 Å². The van der Waals surface area contributed by atoms with E-state index in [9.17, 15) is 24.3 Å². The Balaban J connectivity index is 1.95. The fourth-order valence-electron chi connectivity index (χ4n) is 6.69. The lowest BCUT2D eigenvalue weighted by molar-refractivity contribution is -0.219. The summed E-state index contributed by atoms with van der Waals surface area (Å²) in [5.41, 5.74) is -4.97. The van der Waals surface area contributed by atoms with E-state index in [-0.39, 0.29) is 6.42 Å². The van der Waals surface area contributed by atoms with E-state index in [2.05, 4.69) is 0 Å². The fourth-order valence-corrected chi connectivity index (χ4v) is 6.69. The van der Waals surface area contributed by atoms with Gasteiger partial charge in [-0.3, -0.25) is 14.4 Å². The van der Waals surface area contributed by atoms with Gasteiger partial charge in [0.15, 0.2) is 17.3 Å².